The molecule has 2 atom stereocenters. The minimum absolute atomic E-state index is 0.0452. The summed E-state index contributed by atoms with van der Waals surface area (Å²) in [6.07, 6.45) is -0.647. The van der Waals surface area contributed by atoms with E-state index >= 15 is 0 Å². The van der Waals surface area contributed by atoms with Crippen molar-refractivity contribution in [1.82, 2.24) is 9.88 Å². The van der Waals surface area contributed by atoms with Gasteiger partial charge in [-0.1, -0.05) is 33.5 Å². The van der Waals surface area contributed by atoms with Crippen LogP contribution in [0.25, 0.3) is 11.3 Å². The number of rotatable bonds is 7. The Hall–Kier alpha value is -3.04. The van der Waals surface area contributed by atoms with Crippen molar-refractivity contribution in [2.75, 3.05) is 6.26 Å². The molecule has 1 aliphatic rings. The van der Waals surface area contributed by atoms with Crippen LogP contribution in [0.1, 0.15) is 41.0 Å². The van der Waals surface area contributed by atoms with Gasteiger partial charge in [0.05, 0.1) is 28.4 Å². The summed E-state index contributed by atoms with van der Waals surface area (Å²) in [6, 6.07) is 12.8. The van der Waals surface area contributed by atoms with Crippen molar-refractivity contribution in [2.24, 2.45) is 0 Å². The summed E-state index contributed by atoms with van der Waals surface area (Å²) in [5.74, 6) is -3.83. The van der Waals surface area contributed by atoms with Gasteiger partial charge in [-0.15, -0.1) is 0 Å². The van der Waals surface area contributed by atoms with Crippen molar-refractivity contribution < 1.29 is 35.5 Å². The highest BCUT2D eigenvalue weighted by molar-refractivity contribution is 7.90. The lowest BCUT2D eigenvalue weighted by atomic mass is 10.0. The van der Waals surface area contributed by atoms with Crippen molar-refractivity contribution >= 4 is 25.0 Å². The second-order valence-electron chi connectivity index (χ2n) is 9.30. The van der Waals surface area contributed by atoms with E-state index in [0.29, 0.717) is 22.5 Å². The van der Waals surface area contributed by atoms with E-state index in [-0.39, 0.29) is 34.9 Å². The Morgan fingerprint density at radius 3 is 2.42 bits per heavy atom. The largest absolute Gasteiger partial charge is 0.483 e. The molecule has 1 aliphatic heterocycles. The van der Waals surface area contributed by atoms with Gasteiger partial charge in [0.15, 0.2) is 15.9 Å². The minimum Gasteiger partial charge on any atom is -0.483 e. The summed E-state index contributed by atoms with van der Waals surface area (Å²) >= 11 is 0. The Morgan fingerprint density at radius 1 is 1.08 bits per heavy atom. The van der Waals surface area contributed by atoms with Gasteiger partial charge in [-0.2, -0.15) is 8.78 Å². The second kappa shape index (κ2) is 9.93. The van der Waals surface area contributed by atoms with E-state index in [1.165, 1.54) is 44.5 Å². The quantitative estimate of drug-likeness (QED) is 0.272. The van der Waals surface area contributed by atoms with Crippen LogP contribution in [0.5, 0.6) is 5.75 Å². The van der Waals surface area contributed by atoms with Gasteiger partial charge >= 0.3 is 0 Å². The number of pyridine rings is 1. The number of carbonyl (C=O) groups excluding carboxylic acids is 1. The van der Waals surface area contributed by atoms with Crippen LogP contribution in [-0.4, -0.2) is 42.2 Å². The number of nitrogens with zero attached hydrogens (tertiary/aromatic N) is 2. The van der Waals surface area contributed by atoms with E-state index in [1.807, 2.05) is 0 Å². The molecule has 0 saturated heterocycles. The van der Waals surface area contributed by atoms with E-state index < -0.39 is 33.4 Å². The highest BCUT2D eigenvalue weighted by Gasteiger charge is 2.35. The first-order chi connectivity index (χ1) is 17.5. The molecule has 3 aromatic rings. The molecule has 0 bridgehead atoms. The Bertz CT molecular complexity index is 1500. The lowest BCUT2D eigenvalue weighted by Crippen LogP contribution is -2.31. The Labute approximate surface area is 220 Å². The first kappa shape index (κ1) is 28.0. The molecule has 0 saturated carbocycles. The predicted octanol–water partition coefficient (Wildman–Crippen LogP) is 5.66. The molecule has 6 nitrogen and oxygen atoms in total. The Morgan fingerprint density at radius 2 is 1.79 bits per heavy atom. The fourth-order valence-electron chi connectivity index (χ4n) is 3.96. The number of alkyl halides is 4. The zero-order valence-electron chi connectivity index (χ0n) is 20.7. The summed E-state index contributed by atoms with van der Waals surface area (Å²) in [7, 11) is -2.33. The van der Waals surface area contributed by atoms with Crippen LogP contribution in [0.3, 0.4) is 0 Å². The predicted molar refractivity (Wildman–Crippen MR) is 137 cm³/mol. The number of sulfone groups is 1. The fourth-order valence-corrected chi connectivity index (χ4v) is 4.67. The van der Waals surface area contributed by atoms with Gasteiger partial charge in [0.2, 0.25) is 0 Å². The molecule has 2 heterocycles. The third-order valence-corrected chi connectivity index (χ3v) is 7.76. The summed E-state index contributed by atoms with van der Waals surface area (Å²) in [5, 5.41) is 0. The van der Waals surface area contributed by atoms with Crippen LogP contribution in [0.15, 0.2) is 59.5 Å². The molecule has 0 aliphatic carbocycles. The lowest BCUT2D eigenvalue weighted by Gasteiger charge is -2.24. The number of benzene rings is 2. The Balaban J connectivity index is 1.65. The number of carbonyl (C=O) groups is 1. The van der Waals surface area contributed by atoms with Crippen LogP contribution >= 0.6 is 9.24 Å². The van der Waals surface area contributed by atoms with Crippen molar-refractivity contribution in [2.45, 2.75) is 49.5 Å². The number of aromatic nitrogens is 1. The molecule has 12 heteroatoms. The first-order valence-corrected chi connectivity index (χ1v) is 13.9. The number of fused-ring (bicyclic) bond motifs is 1. The normalized spacial score (nSPS) is 14.8. The van der Waals surface area contributed by atoms with E-state index in [9.17, 15) is 30.8 Å². The lowest BCUT2D eigenvalue weighted by molar-refractivity contribution is -0.0103. The molecule has 0 radical (unpaired) electrons. The monoisotopic (exact) mass is 568 g/mol. The van der Waals surface area contributed by atoms with Gasteiger partial charge in [-0.05, 0) is 42.8 Å². The number of hydrogen-bond donors (Lipinski definition) is 0. The van der Waals surface area contributed by atoms with Gasteiger partial charge < -0.3 is 9.64 Å². The maximum Gasteiger partial charge on any atom is 0.294 e. The molecule has 1 aromatic heterocycles. The minimum atomic E-state index is -3.70. The van der Waals surface area contributed by atoms with Crippen molar-refractivity contribution in [3.05, 3.63) is 77.0 Å². The molecule has 202 valence electrons. The molecule has 1 amide bonds. The second-order valence-corrected chi connectivity index (χ2v) is 12.1. The summed E-state index contributed by atoms with van der Waals surface area (Å²) in [5.41, 5.74) is -1.44. The van der Waals surface area contributed by atoms with Gasteiger partial charge in [-0.3, -0.25) is 9.78 Å². The third-order valence-electron chi connectivity index (χ3n) is 6.18. The van der Waals surface area contributed by atoms with E-state index in [2.05, 4.69) is 4.98 Å². The Kier molecular flexibility index (Phi) is 7.31. The summed E-state index contributed by atoms with van der Waals surface area (Å²) < 4.78 is 84.7. The molecule has 0 N–H and O–H groups in total. The number of amides is 1. The van der Waals surface area contributed by atoms with Gasteiger partial charge in [0.25, 0.3) is 17.5 Å². The third kappa shape index (κ3) is 5.99. The standard InChI is InChI=1S/C26H25F4N2O4PS/c1-15(26(29,30)37)36-23-10-8-19(38(3,34)35)12-20(23)24(33)32-13-17-7-9-21(31-22(17)14-32)16-5-4-6-18(11-16)25(2,27)28/h4-12,15H,13-14,37H2,1-3H3. The van der Waals surface area contributed by atoms with E-state index in [0.717, 1.165) is 26.2 Å². The topological polar surface area (TPSA) is 76.6 Å². The first-order valence-electron chi connectivity index (χ1n) is 11.5. The average molecular weight is 569 g/mol. The molecule has 4 rings (SSSR count). The van der Waals surface area contributed by atoms with Crippen molar-refractivity contribution in [1.29, 1.82) is 0 Å². The van der Waals surface area contributed by atoms with Crippen LogP contribution in [0, 0.1) is 0 Å². The van der Waals surface area contributed by atoms with Crippen molar-refractivity contribution in [3.63, 3.8) is 0 Å². The van der Waals surface area contributed by atoms with Crippen molar-refractivity contribution in [3.8, 4) is 17.0 Å². The highest BCUT2D eigenvalue weighted by Crippen LogP contribution is 2.35. The fraction of sp³-hybridized carbons (Fsp3) is 0.308. The SMILES string of the molecule is CC(Oc1ccc(S(C)(=O)=O)cc1C(=O)N1Cc2ccc(-c3cccc(C(C)(F)F)c3)nc2C1)C(F)(F)P. The average Bonchev–Trinajstić information content (AvgIpc) is 3.25. The maximum absolute atomic E-state index is 13.8. The molecule has 38 heavy (non-hydrogen) atoms. The van der Waals surface area contributed by atoms with Gasteiger partial charge in [-0.25, -0.2) is 17.2 Å². The summed E-state index contributed by atoms with van der Waals surface area (Å²) in [6.45, 7) is 2.12. The smallest absolute Gasteiger partial charge is 0.294 e. The molecule has 2 unspecified atom stereocenters. The molecular formula is C26H25F4N2O4PS. The van der Waals surface area contributed by atoms with Crippen LogP contribution in [0.2, 0.25) is 0 Å². The molecule has 0 fully saturated rings. The van der Waals surface area contributed by atoms with Crippen LogP contribution < -0.4 is 4.74 Å². The zero-order chi connectivity index (χ0) is 28.0. The number of halogens is 4. The zero-order valence-corrected chi connectivity index (χ0v) is 22.7. The van der Waals surface area contributed by atoms with Gasteiger partial charge in [0, 0.05) is 30.9 Å². The number of hydrogen-bond acceptors (Lipinski definition) is 5. The molecular weight excluding hydrogens is 543 g/mol. The highest BCUT2D eigenvalue weighted by atomic mass is 32.2. The van der Waals surface area contributed by atoms with Crippen LogP contribution in [0.4, 0.5) is 17.6 Å². The maximum atomic E-state index is 13.8. The van der Waals surface area contributed by atoms with Gasteiger partial charge in [0.1, 0.15) is 5.75 Å². The van der Waals surface area contributed by atoms with E-state index in [1.54, 1.807) is 18.2 Å². The summed E-state index contributed by atoms with van der Waals surface area (Å²) in [4.78, 5) is 19.3. The number of ether oxygens (including phenoxy) is 1. The van der Waals surface area contributed by atoms with Crippen LogP contribution in [-0.2, 0) is 28.8 Å². The molecule has 2 aromatic carbocycles. The molecule has 0 spiro atoms. The van der Waals surface area contributed by atoms with E-state index in [4.69, 9.17) is 4.74 Å².